The van der Waals surface area contributed by atoms with Crippen molar-refractivity contribution in [3.8, 4) is 0 Å². The van der Waals surface area contributed by atoms with Gasteiger partial charge in [-0.25, -0.2) is 13.8 Å². The lowest BCUT2D eigenvalue weighted by atomic mass is 9.75. The van der Waals surface area contributed by atoms with Gasteiger partial charge in [-0.1, -0.05) is 46.9 Å². The summed E-state index contributed by atoms with van der Waals surface area (Å²) in [6.45, 7) is 0. The van der Waals surface area contributed by atoms with Gasteiger partial charge in [0.05, 0.1) is 32.3 Å². The summed E-state index contributed by atoms with van der Waals surface area (Å²) in [6.07, 6.45) is -6.19. The van der Waals surface area contributed by atoms with Crippen LogP contribution in [0.25, 0.3) is 0 Å². The molecule has 2 N–H and O–H groups in total. The normalized spacial score (nSPS) is 18.8. The van der Waals surface area contributed by atoms with Crippen LogP contribution in [0, 0.1) is 0 Å². The lowest BCUT2D eigenvalue weighted by Crippen LogP contribution is -2.50. The monoisotopic (exact) mass is 516 g/mol. The number of amides is 1. The van der Waals surface area contributed by atoms with Gasteiger partial charge in [-0.05, 0) is 30.5 Å². The fourth-order valence-electron chi connectivity index (χ4n) is 3.60. The van der Waals surface area contributed by atoms with E-state index in [1.165, 1.54) is 18.2 Å². The van der Waals surface area contributed by atoms with Gasteiger partial charge in [0.15, 0.2) is 0 Å². The van der Waals surface area contributed by atoms with Crippen molar-refractivity contribution in [2.24, 2.45) is 0 Å². The Hall–Kier alpha value is -1.68. The standard InChI is InChI=1S/C20H16Cl3F5N2O2/c21-12-3-1-2-10(13(12)22)16(18(32)5-7-19(24,25)8-6-18)30-17(31)15-14(23)11(4-9-29-15)20(26,27)28/h1-4,9,16,32H,5-8H2,(H,30,31). The number of pyridine rings is 1. The molecule has 1 unspecified atom stereocenters. The Kier molecular flexibility index (Phi) is 6.96. The molecule has 174 valence electrons. The molecule has 1 saturated carbocycles. The van der Waals surface area contributed by atoms with Crippen LogP contribution in [-0.2, 0) is 6.18 Å². The van der Waals surface area contributed by atoms with E-state index in [-0.39, 0.29) is 15.6 Å². The number of hydrogen-bond acceptors (Lipinski definition) is 3. The molecule has 4 nitrogen and oxygen atoms in total. The number of halogens is 8. The van der Waals surface area contributed by atoms with Crippen LogP contribution in [0.1, 0.15) is 53.3 Å². The molecule has 0 spiro atoms. The van der Waals surface area contributed by atoms with Gasteiger partial charge >= 0.3 is 6.18 Å². The molecule has 1 fully saturated rings. The minimum absolute atomic E-state index is 0.0478. The molecule has 0 saturated heterocycles. The number of carbonyl (C=O) groups is 1. The summed E-state index contributed by atoms with van der Waals surface area (Å²) in [5, 5.41) is 12.7. The summed E-state index contributed by atoms with van der Waals surface area (Å²) in [7, 11) is 0. The third kappa shape index (κ3) is 5.11. The molecular weight excluding hydrogens is 502 g/mol. The molecule has 1 aromatic carbocycles. The van der Waals surface area contributed by atoms with E-state index in [1.807, 2.05) is 0 Å². The maximum Gasteiger partial charge on any atom is 0.417 e. The molecule has 1 atom stereocenters. The van der Waals surface area contributed by atoms with Gasteiger partial charge < -0.3 is 10.4 Å². The Bertz CT molecular complexity index is 1020. The van der Waals surface area contributed by atoms with Crippen LogP contribution < -0.4 is 5.32 Å². The first-order valence-corrected chi connectivity index (χ1v) is 10.5. The molecule has 32 heavy (non-hydrogen) atoms. The number of nitrogens with one attached hydrogen (secondary N) is 1. The summed E-state index contributed by atoms with van der Waals surface area (Å²) >= 11 is 18.1. The van der Waals surface area contributed by atoms with Crippen LogP contribution in [0.2, 0.25) is 15.1 Å². The smallest absolute Gasteiger partial charge is 0.387 e. The molecule has 0 bridgehead atoms. The fourth-order valence-corrected chi connectivity index (χ4v) is 4.32. The van der Waals surface area contributed by atoms with E-state index in [0.717, 1.165) is 6.20 Å². The average molecular weight is 518 g/mol. The molecule has 2 aromatic rings. The summed E-state index contributed by atoms with van der Waals surface area (Å²) in [5.41, 5.74) is -3.77. The van der Waals surface area contributed by atoms with Crippen molar-refractivity contribution < 1.29 is 31.9 Å². The molecule has 1 aromatic heterocycles. The first-order valence-electron chi connectivity index (χ1n) is 9.32. The Labute approximate surface area is 194 Å². The third-order valence-electron chi connectivity index (χ3n) is 5.36. The highest BCUT2D eigenvalue weighted by Gasteiger charge is 2.48. The highest BCUT2D eigenvalue weighted by Crippen LogP contribution is 2.46. The van der Waals surface area contributed by atoms with Crippen molar-refractivity contribution in [3.63, 3.8) is 0 Å². The number of carbonyl (C=O) groups excluding carboxylic acids is 1. The molecule has 1 aliphatic rings. The molecule has 12 heteroatoms. The zero-order chi connectivity index (χ0) is 23.9. The van der Waals surface area contributed by atoms with Gasteiger partial charge in [0, 0.05) is 19.0 Å². The largest absolute Gasteiger partial charge is 0.417 e. The molecular formula is C20H16Cl3F5N2O2. The fraction of sp³-hybridized carbons (Fsp3) is 0.400. The van der Waals surface area contributed by atoms with Crippen LogP contribution in [0.15, 0.2) is 30.5 Å². The van der Waals surface area contributed by atoms with Crippen molar-refractivity contribution in [2.75, 3.05) is 0 Å². The SMILES string of the molecule is O=C(NC(c1cccc(Cl)c1Cl)C1(O)CCC(F)(F)CC1)c1nccc(C(F)(F)F)c1Cl. The van der Waals surface area contributed by atoms with E-state index in [9.17, 15) is 31.9 Å². The van der Waals surface area contributed by atoms with E-state index >= 15 is 0 Å². The predicted molar refractivity (Wildman–Crippen MR) is 109 cm³/mol. The van der Waals surface area contributed by atoms with Crippen molar-refractivity contribution in [1.29, 1.82) is 0 Å². The lowest BCUT2D eigenvalue weighted by molar-refractivity contribution is -0.137. The van der Waals surface area contributed by atoms with Crippen LogP contribution in [0.4, 0.5) is 22.0 Å². The Morgan fingerprint density at radius 1 is 1.06 bits per heavy atom. The Morgan fingerprint density at radius 3 is 2.28 bits per heavy atom. The van der Waals surface area contributed by atoms with Gasteiger partial charge in [0.1, 0.15) is 5.69 Å². The highest BCUT2D eigenvalue weighted by molar-refractivity contribution is 6.42. The number of hydrogen-bond donors (Lipinski definition) is 2. The number of rotatable bonds is 4. The first-order chi connectivity index (χ1) is 14.8. The van der Waals surface area contributed by atoms with E-state index < -0.39 is 71.6 Å². The molecule has 3 rings (SSSR count). The van der Waals surface area contributed by atoms with Gasteiger partial charge in [0.25, 0.3) is 5.91 Å². The summed E-state index contributed by atoms with van der Waals surface area (Å²) < 4.78 is 66.9. The lowest BCUT2D eigenvalue weighted by Gasteiger charge is -2.42. The van der Waals surface area contributed by atoms with Crippen LogP contribution in [-0.4, -0.2) is 27.5 Å². The first kappa shape index (κ1) is 25.0. The van der Waals surface area contributed by atoms with E-state index in [4.69, 9.17) is 34.8 Å². The number of aliphatic hydroxyl groups is 1. The molecule has 0 aliphatic heterocycles. The van der Waals surface area contributed by atoms with Crippen molar-refractivity contribution >= 4 is 40.7 Å². The Balaban J connectivity index is 2.02. The Morgan fingerprint density at radius 2 is 1.69 bits per heavy atom. The molecule has 1 amide bonds. The van der Waals surface area contributed by atoms with Gasteiger partial charge in [-0.3, -0.25) is 4.79 Å². The molecule has 0 radical (unpaired) electrons. The predicted octanol–water partition coefficient (Wildman–Crippen LogP) is 6.47. The third-order valence-corrected chi connectivity index (χ3v) is 6.58. The second kappa shape index (κ2) is 8.93. The van der Waals surface area contributed by atoms with Crippen LogP contribution >= 0.6 is 34.8 Å². The summed E-state index contributed by atoms with van der Waals surface area (Å²) in [5.74, 6) is -4.14. The topological polar surface area (TPSA) is 62.2 Å². The number of aromatic nitrogens is 1. The average Bonchev–Trinajstić information content (AvgIpc) is 2.70. The van der Waals surface area contributed by atoms with Gasteiger partial charge in [-0.15, -0.1) is 0 Å². The highest BCUT2D eigenvalue weighted by atomic mass is 35.5. The number of nitrogens with zero attached hydrogens (tertiary/aromatic N) is 1. The van der Waals surface area contributed by atoms with Crippen molar-refractivity contribution in [1.82, 2.24) is 10.3 Å². The summed E-state index contributed by atoms with van der Waals surface area (Å²) in [6, 6.07) is 3.58. The maximum atomic E-state index is 13.7. The quantitative estimate of drug-likeness (QED) is 0.457. The van der Waals surface area contributed by atoms with Crippen LogP contribution in [0.3, 0.4) is 0 Å². The summed E-state index contributed by atoms with van der Waals surface area (Å²) in [4.78, 5) is 16.5. The zero-order valence-corrected chi connectivity index (χ0v) is 18.4. The van der Waals surface area contributed by atoms with E-state index in [2.05, 4.69) is 10.3 Å². The van der Waals surface area contributed by atoms with Gasteiger partial charge in [-0.2, -0.15) is 13.2 Å². The van der Waals surface area contributed by atoms with Gasteiger partial charge in [0.2, 0.25) is 5.92 Å². The number of alkyl halides is 5. The second-order valence-corrected chi connectivity index (χ2v) is 8.69. The molecule has 1 heterocycles. The minimum atomic E-state index is -4.84. The minimum Gasteiger partial charge on any atom is -0.387 e. The second-order valence-electron chi connectivity index (χ2n) is 7.53. The van der Waals surface area contributed by atoms with E-state index in [0.29, 0.717) is 6.07 Å². The van der Waals surface area contributed by atoms with Crippen molar-refractivity contribution in [3.05, 3.63) is 62.4 Å². The van der Waals surface area contributed by atoms with Crippen molar-refractivity contribution in [2.45, 2.75) is 49.4 Å². The van der Waals surface area contributed by atoms with Crippen LogP contribution in [0.5, 0.6) is 0 Å². The maximum absolute atomic E-state index is 13.7. The molecule has 1 aliphatic carbocycles. The van der Waals surface area contributed by atoms with E-state index in [1.54, 1.807) is 0 Å². The number of benzene rings is 1. The zero-order valence-electron chi connectivity index (χ0n) is 16.1.